The van der Waals surface area contributed by atoms with Crippen LogP contribution in [0.2, 0.25) is 0 Å². The summed E-state index contributed by atoms with van der Waals surface area (Å²) in [5.74, 6) is 1.39. The Morgan fingerprint density at radius 2 is 1.80 bits per heavy atom. The van der Waals surface area contributed by atoms with E-state index in [4.69, 9.17) is 4.74 Å². The first-order valence-electron chi connectivity index (χ1n) is 9.49. The summed E-state index contributed by atoms with van der Waals surface area (Å²) in [6.07, 6.45) is 0.678. The molecule has 3 rings (SSSR count). The van der Waals surface area contributed by atoms with E-state index in [0.717, 1.165) is 11.0 Å². The molecule has 0 radical (unpaired) electrons. The van der Waals surface area contributed by atoms with Gasteiger partial charge in [-0.3, -0.25) is 0 Å². The molecule has 7 nitrogen and oxygen atoms in total. The molecular weight excluding hydrogens is 420 g/mol. The van der Waals surface area contributed by atoms with Gasteiger partial charge in [0.25, 0.3) is 0 Å². The monoisotopic (exact) mass is 446 g/mol. The van der Waals surface area contributed by atoms with Gasteiger partial charge in [0.15, 0.2) is 0 Å². The molecule has 3 aromatic rings. The van der Waals surface area contributed by atoms with Gasteiger partial charge in [-0.15, -0.1) is 0 Å². The largest absolute Gasteiger partial charge is 0.497 e. The van der Waals surface area contributed by atoms with Gasteiger partial charge in [0, 0.05) is 45.1 Å². The molecule has 1 heterocycles. The molecule has 0 bridgehead atoms. The molecule has 9 heteroatoms. The first-order chi connectivity index (χ1) is 14.3. The number of aromatic nitrogens is 2. The van der Waals surface area contributed by atoms with E-state index in [2.05, 4.69) is 34.5 Å². The lowest BCUT2D eigenvalue weighted by Gasteiger charge is -2.21. The number of nitrogens with zero attached hydrogens (tertiary/aromatic N) is 4. The van der Waals surface area contributed by atoms with Crippen molar-refractivity contribution in [3.05, 3.63) is 65.5 Å². The lowest BCUT2D eigenvalue weighted by atomic mass is 10.1. The zero-order chi connectivity index (χ0) is 21.7. The smallest absolute Gasteiger partial charge is 0.242 e. The Hall–Kier alpha value is -2.49. The van der Waals surface area contributed by atoms with Crippen LogP contribution in [0.15, 0.2) is 53.4 Å². The molecular formula is C21H26N4O3S2. The number of benzene rings is 2. The molecule has 0 N–H and O–H groups in total. The highest BCUT2D eigenvalue weighted by molar-refractivity contribution is 7.89. The topological polar surface area (TPSA) is 75.6 Å². The fourth-order valence-electron chi connectivity index (χ4n) is 2.91. The third-order valence-corrected chi connectivity index (χ3v) is 7.49. The number of methoxy groups -OCH3 is 1. The average molecular weight is 447 g/mol. The lowest BCUT2D eigenvalue weighted by molar-refractivity contribution is 0.414. The molecule has 0 saturated heterocycles. The number of anilines is 1. The van der Waals surface area contributed by atoms with E-state index in [1.165, 1.54) is 27.0 Å². The summed E-state index contributed by atoms with van der Waals surface area (Å²) in [7, 11) is 1.46. The number of likely N-dealkylation sites (N-methyl/N-ethyl adjacent to an activating group) is 2. The summed E-state index contributed by atoms with van der Waals surface area (Å²) in [5, 5.41) is 0.771. The molecule has 0 aliphatic carbocycles. The first kappa shape index (κ1) is 22.2. The quantitative estimate of drug-likeness (QED) is 0.502. The second kappa shape index (κ2) is 9.55. The SMILES string of the molecule is COc1ccc(S(=O)(=O)N(C)CCN(C)c2nc(Cc3cccc(C)c3)ns2)cc1. The van der Waals surface area contributed by atoms with Gasteiger partial charge in [-0.25, -0.2) is 13.4 Å². The van der Waals surface area contributed by atoms with Crippen molar-refractivity contribution in [2.75, 3.05) is 39.2 Å². The van der Waals surface area contributed by atoms with Crippen molar-refractivity contribution in [3.8, 4) is 5.75 Å². The molecule has 0 atom stereocenters. The zero-order valence-corrected chi connectivity index (χ0v) is 19.2. The van der Waals surface area contributed by atoms with Gasteiger partial charge < -0.3 is 9.64 Å². The Kier molecular flexibility index (Phi) is 7.06. The predicted molar refractivity (Wildman–Crippen MR) is 120 cm³/mol. The van der Waals surface area contributed by atoms with E-state index >= 15 is 0 Å². The number of sulfonamides is 1. The van der Waals surface area contributed by atoms with Crippen molar-refractivity contribution in [1.29, 1.82) is 0 Å². The standard InChI is InChI=1S/C21H26N4O3S2/c1-16-6-5-7-17(14-16)15-20-22-21(29-23-20)24(2)12-13-25(3)30(26,27)19-10-8-18(28-4)9-11-19/h5-11,14H,12-13,15H2,1-4H3. The molecule has 0 amide bonds. The van der Waals surface area contributed by atoms with Gasteiger partial charge >= 0.3 is 0 Å². The number of aryl methyl sites for hydroxylation is 1. The van der Waals surface area contributed by atoms with E-state index < -0.39 is 10.0 Å². The maximum Gasteiger partial charge on any atom is 0.242 e. The van der Waals surface area contributed by atoms with Gasteiger partial charge in [-0.2, -0.15) is 8.68 Å². The van der Waals surface area contributed by atoms with Crippen LogP contribution in [0.1, 0.15) is 17.0 Å². The highest BCUT2D eigenvalue weighted by Crippen LogP contribution is 2.20. The van der Waals surface area contributed by atoms with Crippen LogP contribution in [0, 0.1) is 6.92 Å². The maximum atomic E-state index is 12.8. The van der Waals surface area contributed by atoms with E-state index in [0.29, 0.717) is 25.3 Å². The number of ether oxygens (including phenoxy) is 1. The van der Waals surface area contributed by atoms with Gasteiger partial charge in [0.2, 0.25) is 15.2 Å². The molecule has 160 valence electrons. The summed E-state index contributed by atoms with van der Waals surface area (Å²) in [4.78, 5) is 6.77. The molecule has 30 heavy (non-hydrogen) atoms. The normalized spacial score (nSPS) is 11.6. The van der Waals surface area contributed by atoms with Crippen molar-refractivity contribution >= 4 is 26.7 Å². The second-order valence-corrected chi connectivity index (χ2v) is 9.86. The average Bonchev–Trinajstić information content (AvgIpc) is 3.20. The van der Waals surface area contributed by atoms with Crippen LogP contribution in [0.5, 0.6) is 5.75 Å². The molecule has 0 saturated carbocycles. The zero-order valence-electron chi connectivity index (χ0n) is 17.6. The van der Waals surface area contributed by atoms with Crippen LogP contribution in [0.25, 0.3) is 0 Å². The highest BCUT2D eigenvalue weighted by Gasteiger charge is 2.21. The fraction of sp³-hybridized carbons (Fsp3) is 0.333. The Morgan fingerprint density at radius 1 is 1.07 bits per heavy atom. The van der Waals surface area contributed by atoms with Crippen LogP contribution in [-0.4, -0.2) is 56.4 Å². The van der Waals surface area contributed by atoms with E-state index in [1.54, 1.807) is 38.4 Å². The van der Waals surface area contributed by atoms with Gasteiger partial charge in [0.1, 0.15) is 11.6 Å². The van der Waals surface area contributed by atoms with Crippen LogP contribution in [0.4, 0.5) is 5.13 Å². The summed E-state index contributed by atoms with van der Waals surface area (Å²) in [6, 6.07) is 14.7. The van der Waals surface area contributed by atoms with Gasteiger partial charge in [0.05, 0.1) is 12.0 Å². The van der Waals surface area contributed by atoms with Crippen LogP contribution >= 0.6 is 11.5 Å². The molecule has 0 fully saturated rings. The molecule has 1 aromatic heterocycles. The highest BCUT2D eigenvalue weighted by atomic mass is 32.2. The van der Waals surface area contributed by atoms with E-state index in [9.17, 15) is 8.42 Å². The summed E-state index contributed by atoms with van der Waals surface area (Å²) in [6.45, 7) is 2.90. The molecule has 0 aliphatic heterocycles. The summed E-state index contributed by atoms with van der Waals surface area (Å²) >= 11 is 1.32. The Labute approximate surface area is 182 Å². The minimum Gasteiger partial charge on any atom is -0.497 e. The molecule has 0 aliphatic rings. The van der Waals surface area contributed by atoms with Crippen LogP contribution in [-0.2, 0) is 16.4 Å². The third-order valence-electron chi connectivity index (χ3n) is 4.75. The summed E-state index contributed by atoms with van der Waals surface area (Å²) < 4.78 is 36.4. The molecule has 2 aromatic carbocycles. The second-order valence-electron chi connectivity index (χ2n) is 7.08. The van der Waals surface area contributed by atoms with Crippen molar-refractivity contribution in [2.24, 2.45) is 0 Å². The van der Waals surface area contributed by atoms with Crippen molar-refractivity contribution in [2.45, 2.75) is 18.2 Å². The first-order valence-corrected chi connectivity index (χ1v) is 11.7. The van der Waals surface area contributed by atoms with E-state index in [-0.39, 0.29) is 4.90 Å². The Bertz CT molecular complexity index is 1080. The third kappa shape index (κ3) is 5.35. The Balaban J connectivity index is 1.59. The van der Waals surface area contributed by atoms with Crippen LogP contribution in [0.3, 0.4) is 0 Å². The van der Waals surface area contributed by atoms with Gasteiger partial charge in [-0.05, 0) is 36.8 Å². The van der Waals surface area contributed by atoms with Crippen LogP contribution < -0.4 is 9.64 Å². The summed E-state index contributed by atoms with van der Waals surface area (Å²) in [5.41, 5.74) is 2.38. The molecule has 0 unspecified atom stereocenters. The predicted octanol–water partition coefficient (Wildman–Crippen LogP) is 3.20. The van der Waals surface area contributed by atoms with Gasteiger partial charge in [-0.1, -0.05) is 29.8 Å². The molecule has 0 spiro atoms. The number of rotatable bonds is 9. The maximum absolute atomic E-state index is 12.8. The van der Waals surface area contributed by atoms with Crippen molar-refractivity contribution < 1.29 is 13.2 Å². The minimum absolute atomic E-state index is 0.241. The Morgan fingerprint density at radius 3 is 2.47 bits per heavy atom. The van der Waals surface area contributed by atoms with Crippen molar-refractivity contribution in [3.63, 3.8) is 0 Å². The van der Waals surface area contributed by atoms with E-state index in [1.807, 2.05) is 18.0 Å². The minimum atomic E-state index is -3.56. The van der Waals surface area contributed by atoms with Crippen molar-refractivity contribution in [1.82, 2.24) is 13.7 Å². The lowest BCUT2D eigenvalue weighted by Crippen LogP contribution is -2.34. The number of hydrogen-bond acceptors (Lipinski definition) is 7. The fourth-order valence-corrected chi connectivity index (χ4v) is 4.74. The number of hydrogen-bond donors (Lipinski definition) is 0.